The van der Waals surface area contributed by atoms with Gasteiger partial charge in [0.15, 0.2) is 5.13 Å². The maximum absolute atomic E-state index is 6.10. The Morgan fingerprint density at radius 2 is 1.85 bits per heavy atom. The fraction of sp³-hybridized carbons (Fsp3) is 0.0625. The molecule has 0 aliphatic heterocycles. The minimum atomic E-state index is 0.742. The number of aromatic nitrogens is 1. The summed E-state index contributed by atoms with van der Waals surface area (Å²) in [6.07, 6.45) is 0. The molecule has 0 saturated heterocycles. The average molecular weight is 301 g/mol. The van der Waals surface area contributed by atoms with Crippen LogP contribution in [0.15, 0.2) is 53.9 Å². The van der Waals surface area contributed by atoms with Crippen molar-refractivity contribution in [2.45, 2.75) is 0 Å². The fourth-order valence-electron chi connectivity index (χ4n) is 2.13. The van der Waals surface area contributed by atoms with E-state index < -0.39 is 0 Å². The van der Waals surface area contributed by atoms with Crippen molar-refractivity contribution in [1.82, 2.24) is 4.98 Å². The van der Waals surface area contributed by atoms with Crippen LogP contribution in [0.1, 0.15) is 0 Å². The van der Waals surface area contributed by atoms with Crippen LogP contribution < -0.4 is 5.32 Å². The zero-order valence-corrected chi connectivity index (χ0v) is 12.5. The summed E-state index contributed by atoms with van der Waals surface area (Å²) in [7, 11) is 1.88. The number of rotatable bonds is 3. The van der Waals surface area contributed by atoms with E-state index in [9.17, 15) is 0 Å². The highest BCUT2D eigenvalue weighted by molar-refractivity contribution is 7.14. The first kappa shape index (κ1) is 13.2. The van der Waals surface area contributed by atoms with Crippen LogP contribution in [0.3, 0.4) is 0 Å². The van der Waals surface area contributed by atoms with Crippen molar-refractivity contribution < 1.29 is 0 Å². The van der Waals surface area contributed by atoms with Crippen LogP contribution in [0, 0.1) is 0 Å². The van der Waals surface area contributed by atoms with Crippen LogP contribution in [-0.2, 0) is 0 Å². The van der Waals surface area contributed by atoms with Crippen molar-refractivity contribution in [3.63, 3.8) is 0 Å². The van der Waals surface area contributed by atoms with Gasteiger partial charge < -0.3 is 5.32 Å². The van der Waals surface area contributed by atoms with Gasteiger partial charge in [-0.2, -0.15) is 0 Å². The van der Waals surface area contributed by atoms with Gasteiger partial charge in [-0.15, -0.1) is 11.3 Å². The molecule has 0 radical (unpaired) electrons. The highest BCUT2D eigenvalue weighted by Gasteiger charge is 2.10. The van der Waals surface area contributed by atoms with Crippen LogP contribution in [0.5, 0.6) is 0 Å². The Labute approximate surface area is 127 Å². The molecular formula is C16H13ClN2S. The van der Waals surface area contributed by atoms with Crippen LogP contribution in [0.25, 0.3) is 22.4 Å². The largest absolute Gasteiger partial charge is 0.365 e. The number of hydrogen-bond donors (Lipinski definition) is 1. The number of nitrogens with one attached hydrogen (secondary N) is 1. The summed E-state index contributed by atoms with van der Waals surface area (Å²) in [4.78, 5) is 4.58. The Kier molecular flexibility index (Phi) is 3.72. The predicted molar refractivity (Wildman–Crippen MR) is 87.5 cm³/mol. The fourth-order valence-corrected chi connectivity index (χ4v) is 2.99. The summed E-state index contributed by atoms with van der Waals surface area (Å²) in [5.74, 6) is 0. The lowest BCUT2D eigenvalue weighted by Gasteiger charge is -2.08. The zero-order valence-electron chi connectivity index (χ0n) is 10.9. The van der Waals surface area contributed by atoms with Crippen molar-refractivity contribution in [2.24, 2.45) is 0 Å². The van der Waals surface area contributed by atoms with E-state index in [4.69, 9.17) is 11.6 Å². The summed E-state index contributed by atoms with van der Waals surface area (Å²) in [5, 5.41) is 6.80. The number of thiazole rings is 1. The van der Waals surface area contributed by atoms with E-state index in [1.165, 1.54) is 0 Å². The van der Waals surface area contributed by atoms with Crippen molar-refractivity contribution in [2.75, 3.05) is 12.4 Å². The van der Waals surface area contributed by atoms with Gasteiger partial charge >= 0.3 is 0 Å². The first-order valence-electron chi connectivity index (χ1n) is 6.26. The number of benzene rings is 2. The minimum absolute atomic E-state index is 0.742. The normalized spacial score (nSPS) is 10.5. The molecule has 0 amide bonds. The number of anilines is 1. The molecule has 20 heavy (non-hydrogen) atoms. The molecule has 0 unspecified atom stereocenters. The van der Waals surface area contributed by atoms with Crippen LogP contribution >= 0.6 is 22.9 Å². The summed E-state index contributed by atoms with van der Waals surface area (Å²) >= 11 is 7.70. The van der Waals surface area contributed by atoms with Gasteiger partial charge in [-0.1, -0.05) is 48.0 Å². The third-order valence-corrected chi connectivity index (χ3v) is 4.15. The van der Waals surface area contributed by atoms with E-state index >= 15 is 0 Å². The van der Waals surface area contributed by atoms with Gasteiger partial charge in [0, 0.05) is 23.0 Å². The summed E-state index contributed by atoms with van der Waals surface area (Å²) in [6, 6.07) is 16.1. The molecule has 100 valence electrons. The Balaban J connectivity index is 2.13. The Hall–Kier alpha value is -1.84. The molecule has 0 aliphatic carbocycles. The van der Waals surface area contributed by atoms with Gasteiger partial charge in [0.1, 0.15) is 0 Å². The maximum Gasteiger partial charge on any atom is 0.182 e. The second-order valence-corrected chi connectivity index (χ2v) is 5.64. The second kappa shape index (κ2) is 5.65. The molecular weight excluding hydrogens is 288 g/mol. The summed E-state index contributed by atoms with van der Waals surface area (Å²) < 4.78 is 0. The molecule has 0 atom stereocenters. The SMILES string of the molecule is CNc1nc(-c2ccccc2-c2cccc(Cl)c2)cs1. The van der Waals surface area contributed by atoms with Crippen molar-refractivity contribution in [3.8, 4) is 22.4 Å². The quantitative estimate of drug-likeness (QED) is 0.721. The first-order valence-corrected chi connectivity index (χ1v) is 7.52. The smallest absolute Gasteiger partial charge is 0.182 e. The lowest BCUT2D eigenvalue weighted by Crippen LogP contribution is -1.88. The van der Waals surface area contributed by atoms with Crippen LogP contribution in [0.2, 0.25) is 5.02 Å². The van der Waals surface area contributed by atoms with Gasteiger partial charge in [-0.25, -0.2) is 4.98 Å². The Morgan fingerprint density at radius 1 is 1.05 bits per heavy atom. The highest BCUT2D eigenvalue weighted by Crippen LogP contribution is 2.34. The molecule has 0 bridgehead atoms. The van der Waals surface area contributed by atoms with Gasteiger partial charge in [-0.05, 0) is 23.3 Å². The monoisotopic (exact) mass is 300 g/mol. The topological polar surface area (TPSA) is 24.9 Å². The molecule has 3 rings (SSSR count). The van der Waals surface area contributed by atoms with E-state index in [2.05, 4.69) is 33.9 Å². The molecule has 2 aromatic carbocycles. The van der Waals surface area contributed by atoms with Crippen molar-refractivity contribution in [3.05, 3.63) is 58.9 Å². The van der Waals surface area contributed by atoms with E-state index in [-0.39, 0.29) is 0 Å². The number of hydrogen-bond acceptors (Lipinski definition) is 3. The lowest BCUT2D eigenvalue weighted by molar-refractivity contribution is 1.36. The Bertz CT molecular complexity index is 737. The third kappa shape index (κ3) is 2.55. The predicted octanol–water partition coefficient (Wildman–Crippen LogP) is 5.17. The average Bonchev–Trinajstić information content (AvgIpc) is 2.96. The molecule has 3 aromatic rings. The molecule has 0 saturated carbocycles. The first-order chi connectivity index (χ1) is 9.78. The van der Waals surface area contributed by atoms with Crippen molar-refractivity contribution >= 4 is 28.1 Å². The molecule has 0 spiro atoms. The molecule has 0 fully saturated rings. The number of nitrogens with zero attached hydrogens (tertiary/aromatic N) is 1. The summed E-state index contributed by atoms with van der Waals surface area (Å²) in [5.41, 5.74) is 4.34. The molecule has 1 heterocycles. The summed E-state index contributed by atoms with van der Waals surface area (Å²) in [6.45, 7) is 0. The molecule has 0 aliphatic rings. The highest BCUT2D eigenvalue weighted by atomic mass is 35.5. The Morgan fingerprint density at radius 3 is 2.55 bits per heavy atom. The van der Waals surface area contributed by atoms with Crippen LogP contribution in [-0.4, -0.2) is 12.0 Å². The molecule has 1 N–H and O–H groups in total. The second-order valence-electron chi connectivity index (χ2n) is 4.34. The lowest BCUT2D eigenvalue weighted by atomic mass is 9.98. The third-order valence-electron chi connectivity index (χ3n) is 3.06. The van der Waals surface area contributed by atoms with Crippen LogP contribution in [0.4, 0.5) is 5.13 Å². The number of halogens is 1. The van der Waals surface area contributed by atoms with Gasteiger partial charge in [-0.3, -0.25) is 0 Å². The molecule has 4 heteroatoms. The van der Waals surface area contributed by atoms with Crippen molar-refractivity contribution in [1.29, 1.82) is 0 Å². The maximum atomic E-state index is 6.10. The van der Waals surface area contributed by atoms with Gasteiger partial charge in [0.2, 0.25) is 0 Å². The molecule has 2 nitrogen and oxygen atoms in total. The van der Waals surface area contributed by atoms with E-state index in [0.717, 1.165) is 32.5 Å². The van der Waals surface area contributed by atoms with Gasteiger partial charge in [0.05, 0.1) is 5.69 Å². The molecule has 1 aromatic heterocycles. The van der Waals surface area contributed by atoms with E-state index in [1.807, 2.05) is 37.4 Å². The van der Waals surface area contributed by atoms with Gasteiger partial charge in [0.25, 0.3) is 0 Å². The zero-order chi connectivity index (χ0) is 13.9. The standard InChI is InChI=1S/C16H13ClN2S/c1-18-16-19-15(10-20-16)14-8-3-2-7-13(14)11-5-4-6-12(17)9-11/h2-10H,1H3,(H,18,19). The minimum Gasteiger partial charge on any atom is -0.365 e. The van der Waals surface area contributed by atoms with E-state index in [1.54, 1.807) is 11.3 Å². The van der Waals surface area contributed by atoms with E-state index in [0.29, 0.717) is 0 Å².